The third kappa shape index (κ3) is 6.92. The molecular weight excluding hydrogens is 421 g/mol. The van der Waals surface area contributed by atoms with Crippen LogP contribution < -0.4 is 9.47 Å². The zero-order valence-electron chi connectivity index (χ0n) is 19.3. The van der Waals surface area contributed by atoms with Crippen LogP contribution in [0.5, 0.6) is 11.5 Å². The van der Waals surface area contributed by atoms with E-state index in [-0.39, 0.29) is 12.4 Å². The number of halogens is 1. The number of hydrogen-bond donors (Lipinski definition) is 2. The van der Waals surface area contributed by atoms with E-state index in [9.17, 15) is 14.6 Å². The molecule has 1 atom stereocenters. The van der Waals surface area contributed by atoms with Crippen LogP contribution in [0.1, 0.15) is 56.9 Å². The molecule has 0 bridgehead atoms. The molecule has 2 aromatic carbocycles. The van der Waals surface area contributed by atoms with Gasteiger partial charge < -0.3 is 19.7 Å². The molecule has 2 aromatic rings. The molecular formula is C27H36FNO4. The zero-order valence-corrected chi connectivity index (χ0v) is 19.3. The molecule has 4 rings (SSSR count). The van der Waals surface area contributed by atoms with Gasteiger partial charge in [0.25, 0.3) is 0 Å². The highest BCUT2D eigenvalue weighted by Gasteiger charge is 2.32. The summed E-state index contributed by atoms with van der Waals surface area (Å²) >= 11 is 0. The number of benzene rings is 2. The molecule has 1 heterocycles. The van der Waals surface area contributed by atoms with Crippen molar-refractivity contribution in [2.24, 2.45) is 0 Å². The van der Waals surface area contributed by atoms with Crippen molar-refractivity contribution in [2.45, 2.75) is 69.1 Å². The molecule has 0 unspecified atom stereocenters. The second-order valence-electron chi connectivity index (χ2n) is 9.79. The molecule has 1 saturated carbocycles. The average Bonchev–Trinajstić information content (AvgIpc) is 3.00. The van der Waals surface area contributed by atoms with Crippen molar-refractivity contribution in [3.8, 4) is 11.5 Å². The molecule has 2 fully saturated rings. The van der Waals surface area contributed by atoms with E-state index in [4.69, 9.17) is 9.47 Å². The van der Waals surface area contributed by atoms with Gasteiger partial charge in [0.2, 0.25) is 0 Å². The number of likely N-dealkylation sites (tertiary alicyclic amines) is 1. The van der Waals surface area contributed by atoms with Gasteiger partial charge >= 0.3 is 0 Å². The molecule has 33 heavy (non-hydrogen) atoms. The van der Waals surface area contributed by atoms with E-state index in [1.807, 2.05) is 12.1 Å². The lowest BCUT2D eigenvalue weighted by Crippen LogP contribution is -2.37. The summed E-state index contributed by atoms with van der Waals surface area (Å²) in [5.74, 6) is 0.565. The number of rotatable bonds is 8. The summed E-state index contributed by atoms with van der Waals surface area (Å²) in [4.78, 5) is 2.33. The van der Waals surface area contributed by atoms with Gasteiger partial charge in [-0.2, -0.15) is 0 Å². The Balaban J connectivity index is 1.24. The fourth-order valence-electron chi connectivity index (χ4n) is 4.83. The first-order chi connectivity index (χ1) is 15.9. The molecule has 5 nitrogen and oxygen atoms in total. The van der Waals surface area contributed by atoms with Crippen molar-refractivity contribution in [3.63, 3.8) is 0 Å². The Morgan fingerprint density at radius 2 is 1.42 bits per heavy atom. The van der Waals surface area contributed by atoms with Crippen molar-refractivity contribution in [2.75, 3.05) is 26.3 Å². The Morgan fingerprint density at radius 1 is 0.758 bits per heavy atom. The third-order valence-corrected chi connectivity index (χ3v) is 6.96. The first-order valence-electron chi connectivity index (χ1n) is 12.2. The maximum Gasteiger partial charge on any atom is 0.165 e. The van der Waals surface area contributed by atoms with Gasteiger partial charge in [-0.15, -0.1) is 0 Å². The van der Waals surface area contributed by atoms with Gasteiger partial charge in [-0.05, 0) is 68.5 Å². The molecule has 0 radical (unpaired) electrons. The molecule has 1 aliphatic heterocycles. The minimum absolute atomic E-state index is 0.0974. The van der Waals surface area contributed by atoms with Crippen LogP contribution in [0.4, 0.5) is 4.39 Å². The van der Waals surface area contributed by atoms with Crippen molar-refractivity contribution in [1.82, 2.24) is 4.90 Å². The number of ether oxygens (including phenoxy) is 2. The molecule has 2 N–H and O–H groups in total. The van der Waals surface area contributed by atoms with Crippen LogP contribution >= 0.6 is 0 Å². The third-order valence-electron chi connectivity index (χ3n) is 6.96. The van der Waals surface area contributed by atoms with E-state index < -0.39 is 17.0 Å². The minimum atomic E-state index is -0.950. The van der Waals surface area contributed by atoms with E-state index in [0.717, 1.165) is 57.5 Å². The van der Waals surface area contributed by atoms with E-state index in [1.165, 1.54) is 18.1 Å². The summed E-state index contributed by atoms with van der Waals surface area (Å²) in [7, 11) is 0. The maximum absolute atomic E-state index is 13.8. The topological polar surface area (TPSA) is 62.2 Å². The normalized spacial score (nSPS) is 23.6. The fraction of sp³-hybridized carbons (Fsp3) is 0.556. The summed E-state index contributed by atoms with van der Waals surface area (Å²) in [5.41, 5.74) is -0.448. The molecule has 1 saturated heterocycles. The maximum atomic E-state index is 13.8. The highest BCUT2D eigenvalue weighted by molar-refractivity contribution is 5.27. The molecule has 2 aliphatic rings. The molecule has 0 amide bonds. The predicted molar refractivity (Wildman–Crippen MR) is 126 cm³/mol. The van der Waals surface area contributed by atoms with Gasteiger partial charge in [-0.1, -0.05) is 43.5 Å². The van der Waals surface area contributed by atoms with Gasteiger partial charge in [0.1, 0.15) is 19.0 Å². The Morgan fingerprint density at radius 3 is 2.18 bits per heavy atom. The first-order valence-corrected chi connectivity index (χ1v) is 12.2. The van der Waals surface area contributed by atoms with Crippen molar-refractivity contribution in [1.29, 1.82) is 0 Å². The quantitative estimate of drug-likeness (QED) is 0.602. The second-order valence-corrected chi connectivity index (χ2v) is 9.79. The number of aliphatic hydroxyl groups is 2. The molecule has 6 heteroatoms. The summed E-state index contributed by atoms with van der Waals surface area (Å²) in [6, 6.07) is 14.4. The lowest BCUT2D eigenvalue weighted by molar-refractivity contribution is -0.0339. The van der Waals surface area contributed by atoms with Crippen molar-refractivity contribution in [3.05, 3.63) is 59.9 Å². The SMILES string of the molecule is OC1(COc2ccc(CN3CCC[C@@](O)(COc4ccccc4F)CC3)cc2)CCCCC1. The second kappa shape index (κ2) is 10.9. The van der Waals surface area contributed by atoms with Crippen LogP contribution in [0.25, 0.3) is 0 Å². The van der Waals surface area contributed by atoms with Gasteiger partial charge in [0.05, 0.1) is 11.2 Å². The van der Waals surface area contributed by atoms with Crippen molar-refractivity contribution < 1.29 is 24.1 Å². The summed E-state index contributed by atoms with van der Waals surface area (Å²) in [5, 5.41) is 21.6. The lowest BCUT2D eigenvalue weighted by atomic mass is 9.85. The van der Waals surface area contributed by atoms with Gasteiger partial charge in [0, 0.05) is 13.1 Å². The van der Waals surface area contributed by atoms with Crippen LogP contribution in [-0.2, 0) is 6.54 Å². The largest absolute Gasteiger partial charge is 0.491 e. The van der Waals surface area contributed by atoms with Crippen LogP contribution in [0.15, 0.2) is 48.5 Å². The summed E-state index contributed by atoms with van der Waals surface area (Å²) in [6.45, 7) is 2.90. The monoisotopic (exact) mass is 457 g/mol. The van der Waals surface area contributed by atoms with E-state index in [0.29, 0.717) is 19.4 Å². The van der Waals surface area contributed by atoms with Crippen LogP contribution in [-0.4, -0.2) is 52.6 Å². The Bertz CT molecular complexity index is 884. The minimum Gasteiger partial charge on any atom is -0.491 e. The Hall–Kier alpha value is -2.15. The van der Waals surface area contributed by atoms with Crippen molar-refractivity contribution >= 4 is 0 Å². The number of para-hydroxylation sites is 1. The zero-order chi connectivity index (χ0) is 23.2. The average molecular weight is 458 g/mol. The van der Waals surface area contributed by atoms with Crippen LogP contribution in [0, 0.1) is 5.82 Å². The van der Waals surface area contributed by atoms with E-state index in [1.54, 1.807) is 18.2 Å². The lowest BCUT2D eigenvalue weighted by Gasteiger charge is -2.31. The molecule has 0 aromatic heterocycles. The highest BCUT2D eigenvalue weighted by atomic mass is 19.1. The van der Waals surface area contributed by atoms with Gasteiger partial charge in [-0.3, -0.25) is 4.90 Å². The smallest absolute Gasteiger partial charge is 0.165 e. The standard InChI is InChI=1S/C27H36FNO4/c28-24-7-2-3-8-25(24)33-21-27(31)15-6-17-29(18-16-27)19-22-9-11-23(12-10-22)32-20-26(30)13-4-1-5-14-26/h2-3,7-12,30-31H,1,4-6,13-21H2/t27-/m0/s1. The number of nitrogens with zero attached hydrogens (tertiary/aromatic N) is 1. The first kappa shape index (κ1) is 24.0. The predicted octanol–water partition coefficient (Wildman–Crippen LogP) is 4.70. The van der Waals surface area contributed by atoms with Gasteiger partial charge in [-0.25, -0.2) is 4.39 Å². The van der Waals surface area contributed by atoms with Crippen LogP contribution in [0.2, 0.25) is 0 Å². The summed E-state index contributed by atoms with van der Waals surface area (Å²) in [6.07, 6.45) is 7.04. The Kier molecular flexibility index (Phi) is 7.89. The van der Waals surface area contributed by atoms with Crippen LogP contribution in [0.3, 0.4) is 0 Å². The Labute approximate surface area is 196 Å². The molecule has 180 valence electrons. The number of hydrogen-bond acceptors (Lipinski definition) is 5. The fourth-order valence-corrected chi connectivity index (χ4v) is 4.83. The highest BCUT2D eigenvalue weighted by Crippen LogP contribution is 2.29. The van der Waals surface area contributed by atoms with Gasteiger partial charge in [0.15, 0.2) is 11.6 Å². The molecule has 0 spiro atoms. The van der Waals surface area contributed by atoms with E-state index in [2.05, 4.69) is 17.0 Å². The summed E-state index contributed by atoms with van der Waals surface area (Å²) < 4.78 is 25.3. The van der Waals surface area contributed by atoms with E-state index >= 15 is 0 Å². The molecule has 1 aliphatic carbocycles.